The number of carbonyl (C=O) groups is 1. The average Bonchev–Trinajstić information content (AvgIpc) is 3.19. The van der Waals surface area contributed by atoms with Crippen LogP contribution in [0.15, 0.2) is 36.4 Å². The number of hydrogen-bond donors (Lipinski definition) is 2. The van der Waals surface area contributed by atoms with Crippen LogP contribution in [0.2, 0.25) is 0 Å². The van der Waals surface area contributed by atoms with Crippen molar-refractivity contribution in [1.29, 1.82) is 0 Å². The van der Waals surface area contributed by atoms with Gasteiger partial charge in [0.05, 0.1) is 25.1 Å². The summed E-state index contributed by atoms with van der Waals surface area (Å²) in [5.74, 6) is 0.141. The number of phenols is 1. The average molecular weight is 424 g/mol. The first-order chi connectivity index (χ1) is 13.8. The zero-order valence-corrected chi connectivity index (χ0v) is 17.7. The van der Waals surface area contributed by atoms with Crippen LogP contribution >= 0.6 is 0 Å². The molecule has 0 bridgehead atoms. The molecule has 1 fully saturated rings. The van der Waals surface area contributed by atoms with E-state index in [1.807, 2.05) is 18.2 Å². The fraction of sp³-hybridized carbons (Fsp3) is 0.571. The Morgan fingerprint density at radius 3 is 2.55 bits per heavy atom. The monoisotopic (exact) mass is 423 g/mol. The number of hydrogen-bond acceptors (Lipinski definition) is 6. The van der Waals surface area contributed by atoms with Crippen molar-refractivity contribution >= 4 is 16.0 Å². The van der Waals surface area contributed by atoms with E-state index in [4.69, 9.17) is 9.47 Å². The van der Waals surface area contributed by atoms with Crippen molar-refractivity contribution in [2.75, 3.05) is 20.8 Å². The minimum atomic E-state index is -3.52. The summed E-state index contributed by atoms with van der Waals surface area (Å²) in [6.45, 7) is 0.0951. The molecule has 160 valence electrons. The summed E-state index contributed by atoms with van der Waals surface area (Å²) in [6.07, 6.45) is 6.67. The smallest absolute Gasteiger partial charge is 0.318 e. The Labute approximate surface area is 172 Å². The highest BCUT2D eigenvalue weighted by Gasteiger charge is 2.47. The summed E-state index contributed by atoms with van der Waals surface area (Å²) >= 11 is 0. The maximum atomic E-state index is 12.4. The number of sulfonamides is 1. The molecule has 29 heavy (non-hydrogen) atoms. The first-order valence-corrected chi connectivity index (χ1v) is 11.5. The highest BCUT2D eigenvalue weighted by atomic mass is 32.2. The standard InChI is InChI=1S/C21H29NO6S/c1-22-29(25,26)17-11-12-21(13-17,20(24)27-2)14-28-16-9-7-15(8-10-16)18-5-3-4-6-19(18)23/h3-6,11-12,15-17,22-23H,7-10,13-14H2,1-2H3/t15?,16?,17-,21-/m0/s1. The molecule has 2 aliphatic carbocycles. The summed E-state index contributed by atoms with van der Waals surface area (Å²) < 4.78 is 37.6. The highest BCUT2D eigenvalue weighted by molar-refractivity contribution is 7.90. The van der Waals surface area contributed by atoms with Crippen molar-refractivity contribution < 1.29 is 27.8 Å². The Morgan fingerprint density at radius 1 is 1.24 bits per heavy atom. The van der Waals surface area contributed by atoms with Crippen molar-refractivity contribution in [2.45, 2.75) is 49.4 Å². The second kappa shape index (κ2) is 8.85. The van der Waals surface area contributed by atoms with E-state index in [0.29, 0.717) is 11.7 Å². The number of para-hydroxylation sites is 1. The topological polar surface area (TPSA) is 102 Å². The lowest BCUT2D eigenvalue weighted by molar-refractivity contribution is -0.154. The second-order valence-corrected chi connectivity index (χ2v) is 9.95. The van der Waals surface area contributed by atoms with Crippen molar-refractivity contribution in [1.82, 2.24) is 4.72 Å². The number of phenolic OH excluding ortho intramolecular Hbond substituents is 1. The van der Waals surface area contributed by atoms with Crippen LogP contribution in [0, 0.1) is 5.41 Å². The molecule has 1 aromatic rings. The van der Waals surface area contributed by atoms with Crippen LogP contribution in [0.3, 0.4) is 0 Å². The van der Waals surface area contributed by atoms with Gasteiger partial charge >= 0.3 is 5.97 Å². The molecule has 2 aliphatic rings. The van der Waals surface area contributed by atoms with Gasteiger partial charge in [-0.1, -0.05) is 30.4 Å². The first kappa shape index (κ1) is 21.8. The van der Waals surface area contributed by atoms with Crippen molar-refractivity contribution in [3.8, 4) is 5.75 Å². The van der Waals surface area contributed by atoms with Gasteiger partial charge in [0.2, 0.25) is 10.0 Å². The largest absolute Gasteiger partial charge is 0.508 e. The molecule has 0 radical (unpaired) electrons. The summed E-state index contributed by atoms with van der Waals surface area (Å²) in [6, 6.07) is 7.41. The fourth-order valence-electron chi connectivity index (χ4n) is 4.31. The molecule has 0 heterocycles. The van der Waals surface area contributed by atoms with Crippen LogP contribution in [0.5, 0.6) is 5.75 Å². The Kier molecular flexibility index (Phi) is 6.65. The number of carbonyl (C=O) groups excluding carboxylic acids is 1. The number of benzene rings is 1. The van der Waals surface area contributed by atoms with Gasteiger partial charge in [0.1, 0.15) is 11.2 Å². The van der Waals surface area contributed by atoms with Gasteiger partial charge < -0.3 is 14.6 Å². The van der Waals surface area contributed by atoms with Crippen LogP contribution in [0.25, 0.3) is 0 Å². The molecular weight excluding hydrogens is 394 g/mol. The molecule has 1 saturated carbocycles. The van der Waals surface area contributed by atoms with Gasteiger partial charge in [0, 0.05) is 0 Å². The molecule has 0 saturated heterocycles. The minimum absolute atomic E-state index is 0.00741. The molecule has 0 unspecified atom stereocenters. The third-order valence-corrected chi connectivity index (χ3v) is 7.79. The minimum Gasteiger partial charge on any atom is -0.508 e. The van der Waals surface area contributed by atoms with E-state index in [2.05, 4.69) is 4.72 Å². The molecule has 8 heteroatoms. The Hall–Kier alpha value is -1.90. The zero-order chi connectivity index (χ0) is 21.1. The number of methoxy groups -OCH3 is 1. The van der Waals surface area contributed by atoms with E-state index < -0.39 is 26.7 Å². The van der Waals surface area contributed by atoms with E-state index >= 15 is 0 Å². The lowest BCUT2D eigenvalue weighted by Gasteiger charge is -2.32. The predicted octanol–water partition coefficient (Wildman–Crippen LogP) is 2.47. The Balaban J connectivity index is 1.60. The van der Waals surface area contributed by atoms with E-state index in [0.717, 1.165) is 31.2 Å². The van der Waals surface area contributed by atoms with Gasteiger partial charge in [-0.15, -0.1) is 0 Å². The second-order valence-electron chi connectivity index (χ2n) is 7.84. The molecule has 2 atom stereocenters. The maximum Gasteiger partial charge on any atom is 0.318 e. The van der Waals surface area contributed by atoms with Crippen LogP contribution < -0.4 is 4.72 Å². The highest BCUT2D eigenvalue weighted by Crippen LogP contribution is 2.40. The van der Waals surface area contributed by atoms with Gasteiger partial charge in [-0.05, 0) is 56.7 Å². The number of nitrogens with one attached hydrogen (secondary N) is 1. The molecule has 2 N–H and O–H groups in total. The van der Waals surface area contributed by atoms with Crippen LogP contribution in [0.1, 0.15) is 43.6 Å². The Bertz CT molecular complexity index is 860. The lowest BCUT2D eigenvalue weighted by Crippen LogP contribution is -2.39. The van der Waals surface area contributed by atoms with Crippen LogP contribution in [-0.4, -0.2) is 51.6 Å². The molecule has 0 spiro atoms. The van der Waals surface area contributed by atoms with Gasteiger partial charge in [0.15, 0.2) is 0 Å². The normalized spacial score (nSPS) is 29.7. The number of esters is 1. The molecule has 7 nitrogen and oxygen atoms in total. The first-order valence-electron chi connectivity index (χ1n) is 9.91. The van der Waals surface area contributed by atoms with Crippen molar-refractivity contribution in [3.05, 3.63) is 42.0 Å². The lowest BCUT2D eigenvalue weighted by atomic mass is 9.82. The summed E-state index contributed by atoms with van der Waals surface area (Å²) in [5.41, 5.74) is -0.117. The van der Waals surface area contributed by atoms with Crippen LogP contribution in [-0.2, 0) is 24.3 Å². The Morgan fingerprint density at radius 2 is 1.93 bits per heavy atom. The molecule has 3 rings (SSSR count). The van der Waals surface area contributed by atoms with Gasteiger partial charge in [0.25, 0.3) is 0 Å². The maximum absolute atomic E-state index is 12.4. The number of ether oxygens (including phenoxy) is 2. The number of aromatic hydroxyl groups is 1. The van der Waals surface area contributed by atoms with E-state index in [9.17, 15) is 18.3 Å². The third kappa shape index (κ3) is 4.65. The third-order valence-electron chi connectivity index (χ3n) is 6.10. The summed E-state index contributed by atoms with van der Waals surface area (Å²) in [7, 11) is -0.857. The molecular formula is C21H29NO6S. The van der Waals surface area contributed by atoms with E-state index in [-0.39, 0.29) is 19.1 Å². The zero-order valence-electron chi connectivity index (χ0n) is 16.8. The molecule has 0 aromatic heterocycles. The fourth-order valence-corrected chi connectivity index (χ4v) is 5.42. The number of rotatable bonds is 7. The van der Waals surface area contributed by atoms with Crippen molar-refractivity contribution in [2.24, 2.45) is 5.41 Å². The van der Waals surface area contributed by atoms with Gasteiger partial charge in [-0.3, -0.25) is 4.79 Å². The van der Waals surface area contributed by atoms with E-state index in [1.165, 1.54) is 14.2 Å². The van der Waals surface area contributed by atoms with Gasteiger partial charge in [-0.2, -0.15) is 0 Å². The quantitative estimate of drug-likeness (QED) is 0.516. The van der Waals surface area contributed by atoms with Crippen LogP contribution in [0.4, 0.5) is 0 Å². The SMILES string of the molecule is CNS(=O)(=O)[C@H]1C=C[C@](COC2CCC(c3ccccc3O)CC2)(C(=O)OC)C1. The van der Waals surface area contributed by atoms with Gasteiger partial charge in [-0.25, -0.2) is 13.1 Å². The molecule has 1 aromatic carbocycles. The molecule has 0 amide bonds. The summed E-state index contributed by atoms with van der Waals surface area (Å²) in [5, 5.41) is 9.28. The molecule has 0 aliphatic heterocycles. The van der Waals surface area contributed by atoms with E-state index in [1.54, 1.807) is 18.2 Å². The van der Waals surface area contributed by atoms with Crippen molar-refractivity contribution in [3.63, 3.8) is 0 Å². The summed E-state index contributed by atoms with van der Waals surface area (Å²) in [4.78, 5) is 12.4. The predicted molar refractivity (Wildman–Crippen MR) is 109 cm³/mol.